The molecule has 4 unspecified atom stereocenters. The lowest BCUT2D eigenvalue weighted by atomic mass is 9.65. The highest BCUT2D eigenvalue weighted by Crippen LogP contribution is 2.52. The molecule has 1 aliphatic carbocycles. The Hall–Kier alpha value is 0.460. The summed E-state index contributed by atoms with van der Waals surface area (Å²) in [5.74, 6) is 0.663. The molecule has 2 aliphatic rings. The van der Waals surface area contributed by atoms with E-state index in [0.29, 0.717) is 17.4 Å². The minimum Gasteiger partial charge on any atom is -0.391 e. The zero-order chi connectivity index (χ0) is 11.2. The van der Waals surface area contributed by atoms with Gasteiger partial charge in [0.15, 0.2) is 0 Å². The van der Waals surface area contributed by atoms with Crippen LogP contribution in [0.5, 0.6) is 0 Å². The van der Waals surface area contributed by atoms with Crippen molar-refractivity contribution in [3.05, 3.63) is 0 Å². The van der Waals surface area contributed by atoms with Gasteiger partial charge in [0.25, 0.3) is 0 Å². The largest absolute Gasteiger partial charge is 0.391 e. The number of aliphatic hydroxyl groups is 1. The first-order chi connectivity index (χ1) is 7.00. The lowest BCUT2D eigenvalue weighted by Crippen LogP contribution is -2.65. The fourth-order valence-corrected chi connectivity index (χ4v) is 3.94. The van der Waals surface area contributed by atoms with Crippen molar-refractivity contribution in [3.8, 4) is 0 Å². The van der Waals surface area contributed by atoms with Gasteiger partial charge in [0.1, 0.15) is 0 Å². The van der Waals surface area contributed by atoms with Crippen LogP contribution in [-0.2, 0) is 0 Å². The quantitative estimate of drug-likeness (QED) is 0.811. The summed E-state index contributed by atoms with van der Waals surface area (Å²) in [4.78, 5) is 2.52. The maximum absolute atomic E-state index is 9.81. The van der Waals surface area contributed by atoms with Gasteiger partial charge in [0.05, 0.1) is 6.10 Å². The summed E-state index contributed by atoms with van der Waals surface area (Å²) in [5.41, 5.74) is 6.27. The van der Waals surface area contributed by atoms with Gasteiger partial charge < -0.3 is 10.8 Å². The monoisotopic (exact) mass is 284 g/mol. The van der Waals surface area contributed by atoms with Gasteiger partial charge in [-0.15, -0.1) is 24.8 Å². The van der Waals surface area contributed by atoms with Gasteiger partial charge in [-0.1, -0.05) is 20.8 Å². The third-order valence-electron chi connectivity index (χ3n) is 4.33. The third-order valence-corrected chi connectivity index (χ3v) is 4.33. The molecular weight excluding hydrogens is 259 g/mol. The molecule has 1 saturated carbocycles. The Balaban J connectivity index is 0.00000128. The molecule has 0 aromatic rings. The van der Waals surface area contributed by atoms with Crippen molar-refractivity contribution >= 4 is 24.8 Å². The molecule has 1 saturated heterocycles. The lowest BCUT2D eigenvalue weighted by Gasteiger charge is -2.58. The molecule has 0 aromatic heterocycles. The van der Waals surface area contributed by atoms with Gasteiger partial charge >= 0.3 is 0 Å². The highest BCUT2D eigenvalue weighted by Gasteiger charge is 2.57. The molecule has 0 radical (unpaired) electrons. The summed E-state index contributed by atoms with van der Waals surface area (Å²) >= 11 is 0. The van der Waals surface area contributed by atoms with Crippen molar-refractivity contribution in [2.75, 3.05) is 13.1 Å². The van der Waals surface area contributed by atoms with Crippen LogP contribution in [0.2, 0.25) is 0 Å². The molecule has 5 heteroatoms. The molecule has 17 heavy (non-hydrogen) atoms. The number of nitrogens with zero attached hydrogens (tertiary/aromatic N) is 1. The van der Waals surface area contributed by atoms with Crippen molar-refractivity contribution in [2.45, 2.75) is 51.8 Å². The second-order valence-electron chi connectivity index (χ2n) is 5.75. The number of halogens is 2. The second-order valence-corrected chi connectivity index (χ2v) is 5.75. The molecule has 0 bridgehead atoms. The molecule has 1 aliphatic heterocycles. The summed E-state index contributed by atoms with van der Waals surface area (Å²) in [5, 5.41) is 9.81. The maximum atomic E-state index is 9.81. The van der Waals surface area contributed by atoms with Gasteiger partial charge in [-0.25, -0.2) is 0 Å². The van der Waals surface area contributed by atoms with Crippen LogP contribution in [-0.4, -0.2) is 41.3 Å². The summed E-state index contributed by atoms with van der Waals surface area (Å²) in [6, 6.07) is 0.635. The van der Waals surface area contributed by atoms with E-state index in [0.717, 1.165) is 25.9 Å². The SMILES string of the molecule is CCN1CC2(CC(N)C(O)C2)C1C(C)C.Cl.Cl. The molecule has 1 spiro atoms. The first kappa shape index (κ1) is 17.5. The van der Waals surface area contributed by atoms with Gasteiger partial charge in [0.2, 0.25) is 0 Å². The first-order valence-electron chi connectivity index (χ1n) is 6.18. The van der Waals surface area contributed by atoms with Crippen LogP contribution in [0.1, 0.15) is 33.6 Å². The van der Waals surface area contributed by atoms with Gasteiger partial charge in [0, 0.05) is 24.0 Å². The third kappa shape index (κ3) is 2.74. The Kier molecular flexibility index (Phi) is 6.23. The normalized spacial score (nSPS) is 40.9. The van der Waals surface area contributed by atoms with E-state index in [9.17, 15) is 5.11 Å². The molecule has 1 heterocycles. The fraction of sp³-hybridized carbons (Fsp3) is 1.00. The number of rotatable bonds is 2. The number of hydrogen-bond acceptors (Lipinski definition) is 3. The zero-order valence-corrected chi connectivity index (χ0v) is 12.6. The number of aliphatic hydroxyl groups excluding tert-OH is 1. The molecule has 104 valence electrons. The predicted octanol–water partition coefficient (Wildman–Crippen LogP) is 1.66. The van der Waals surface area contributed by atoms with E-state index < -0.39 is 0 Å². The summed E-state index contributed by atoms with van der Waals surface area (Å²) in [6.07, 6.45) is 1.64. The lowest BCUT2D eigenvalue weighted by molar-refractivity contribution is -0.0962. The van der Waals surface area contributed by atoms with Crippen LogP contribution < -0.4 is 5.73 Å². The maximum Gasteiger partial charge on any atom is 0.0697 e. The van der Waals surface area contributed by atoms with E-state index in [1.54, 1.807) is 0 Å². The fourth-order valence-electron chi connectivity index (χ4n) is 3.94. The number of likely N-dealkylation sites (tertiary alicyclic amines) is 1. The highest BCUT2D eigenvalue weighted by atomic mass is 35.5. The van der Waals surface area contributed by atoms with Crippen molar-refractivity contribution in [3.63, 3.8) is 0 Å². The summed E-state index contributed by atoms with van der Waals surface area (Å²) < 4.78 is 0. The van der Waals surface area contributed by atoms with E-state index in [1.165, 1.54) is 0 Å². The van der Waals surface area contributed by atoms with Crippen LogP contribution in [0.25, 0.3) is 0 Å². The van der Waals surface area contributed by atoms with Crippen LogP contribution in [0, 0.1) is 11.3 Å². The Bertz CT molecular complexity index is 241. The molecule has 3 nitrogen and oxygen atoms in total. The van der Waals surface area contributed by atoms with Crippen molar-refractivity contribution < 1.29 is 5.11 Å². The standard InChI is InChI=1S/C12H24N2O.2ClH/c1-4-14-7-12(11(14)8(2)3)5-9(13)10(15)6-12;;/h8-11,15H,4-7,13H2,1-3H3;2*1H. The molecule has 2 fully saturated rings. The molecule has 4 atom stereocenters. The Morgan fingerprint density at radius 2 is 1.94 bits per heavy atom. The van der Waals surface area contributed by atoms with E-state index in [2.05, 4.69) is 25.7 Å². The van der Waals surface area contributed by atoms with Crippen LogP contribution in [0.3, 0.4) is 0 Å². The molecule has 3 N–H and O–H groups in total. The highest BCUT2D eigenvalue weighted by molar-refractivity contribution is 5.85. The smallest absolute Gasteiger partial charge is 0.0697 e. The molecule has 0 amide bonds. The van der Waals surface area contributed by atoms with Crippen LogP contribution in [0.15, 0.2) is 0 Å². The number of hydrogen-bond donors (Lipinski definition) is 2. The number of nitrogens with two attached hydrogens (primary N) is 1. The zero-order valence-electron chi connectivity index (χ0n) is 10.9. The first-order valence-corrected chi connectivity index (χ1v) is 6.18. The Morgan fingerprint density at radius 3 is 2.29 bits per heavy atom. The Labute approximate surface area is 117 Å². The molecule has 0 aromatic carbocycles. The van der Waals surface area contributed by atoms with E-state index in [-0.39, 0.29) is 37.0 Å². The Morgan fingerprint density at radius 1 is 1.35 bits per heavy atom. The summed E-state index contributed by atoms with van der Waals surface area (Å²) in [7, 11) is 0. The predicted molar refractivity (Wildman–Crippen MR) is 76.0 cm³/mol. The average molecular weight is 285 g/mol. The topological polar surface area (TPSA) is 49.5 Å². The average Bonchev–Trinajstić information content (AvgIpc) is 2.40. The van der Waals surface area contributed by atoms with Gasteiger partial charge in [-0.2, -0.15) is 0 Å². The molecular formula is C12H26Cl2N2O. The minimum absolute atomic E-state index is 0. The van der Waals surface area contributed by atoms with Crippen LogP contribution >= 0.6 is 24.8 Å². The van der Waals surface area contributed by atoms with Crippen LogP contribution in [0.4, 0.5) is 0 Å². The van der Waals surface area contributed by atoms with Crippen molar-refractivity contribution in [2.24, 2.45) is 17.1 Å². The van der Waals surface area contributed by atoms with Gasteiger partial charge in [-0.05, 0) is 25.3 Å². The van der Waals surface area contributed by atoms with Gasteiger partial charge in [-0.3, -0.25) is 4.90 Å². The summed E-state index contributed by atoms with van der Waals surface area (Å²) in [6.45, 7) is 9.04. The minimum atomic E-state index is -0.273. The van der Waals surface area contributed by atoms with E-state index in [1.807, 2.05) is 0 Å². The second kappa shape index (κ2) is 6.07. The van der Waals surface area contributed by atoms with Crippen molar-refractivity contribution in [1.29, 1.82) is 0 Å². The molecule has 2 rings (SSSR count). The van der Waals surface area contributed by atoms with Crippen molar-refractivity contribution in [1.82, 2.24) is 4.90 Å². The van der Waals surface area contributed by atoms with E-state index >= 15 is 0 Å². The van der Waals surface area contributed by atoms with E-state index in [4.69, 9.17) is 5.73 Å².